The van der Waals surface area contributed by atoms with Crippen LogP contribution in [0.2, 0.25) is 0 Å². The van der Waals surface area contributed by atoms with Crippen LogP contribution in [-0.2, 0) is 6.18 Å². The van der Waals surface area contributed by atoms with Gasteiger partial charge >= 0.3 is 6.18 Å². The summed E-state index contributed by atoms with van der Waals surface area (Å²) in [4.78, 5) is 22.0. The van der Waals surface area contributed by atoms with Crippen molar-refractivity contribution in [1.29, 1.82) is 0 Å². The molecule has 0 unspecified atom stereocenters. The van der Waals surface area contributed by atoms with Gasteiger partial charge in [-0.05, 0) is 42.5 Å². The molecule has 0 radical (unpaired) electrons. The smallest absolute Gasteiger partial charge is 0.322 e. The summed E-state index contributed by atoms with van der Waals surface area (Å²) in [6, 6.07) is 15.0. The predicted molar refractivity (Wildman–Crippen MR) is 102 cm³/mol. The first kappa shape index (κ1) is 18.1. The highest BCUT2D eigenvalue weighted by molar-refractivity contribution is 7.21. The monoisotopic (exact) mass is 399 g/mol. The average molecular weight is 399 g/mol. The number of fused-ring (bicyclic) bond motifs is 1. The number of pyridine rings is 1. The molecule has 1 N–H and O–H groups in total. The van der Waals surface area contributed by atoms with Crippen molar-refractivity contribution >= 4 is 33.3 Å². The molecule has 0 aliphatic carbocycles. The van der Waals surface area contributed by atoms with E-state index in [9.17, 15) is 18.0 Å². The Balaban J connectivity index is 1.59. The van der Waals surface area contributed by atoms with Gasteiger partial charge in [0.15, 0.2) is 0 Å². The van der Waals surface area contributed by atoms with Gasteiger partial charge in [0.25, 0.3) is 5.91 Å². The number of anilines is 1. The van der Waals surface area contributed by atoms with Crippen LogP contribution in [0.15, 0.2) is 66.9 Å². The van der Waals surface area contributed by atoms with Crippen LogP contribution in [0.4, 0.5) is 18.9 Å². The molecule has 0 aliphatic rings. The van der Waals surface area contributed by atoms with Crippen LogP contribution < -0.4 is 5.32 Å². The second-order valence-corrected chi connectivity index (χ2v) is 6.94. The maximum Gasteiger partial charge on any atom is 0.416 e. The fraction of sp³-hybridized carbons (Fsp3) is 0.0500. The highest BCUT2D eigenvalue weighted by atomic mass is 32.1. The van der Waals surface area contributed by atoms with Gasteiger partial charge in [0.2, 0.25) is 0 Å². The number of carbonyl (C=O) groups is 1. The van der Waals surface area contributed by atoms with Crippen molar-refractivity contribution in [2.45, 2.75) is 6.18 Å². The molecule has 0 spiro atoms. The van der Waals surface area contributed by atoms with Crippen molar-refractivity contribution in [3.05, 3.63) is 78.0 Å². The molecule has 140 valence electrons. The van der Waals surface area contributed by atoms with Gasteiger partial charge in [-0.15, -0.1) is 0 Å². The highest BCUT2D eigenvalue weighted by Crippen LogP contribution is 2.31. The average Bonchev–Trinajstić information content (AvgIpc) is 3.12. The number of nitrogens with zero attached hydrogens (tertiary/aromatic N) is 2. The zero-order chi connectivity index (χ0) is 19.7. The van der Waals surface area contributed by atoms with E-state index >= 15 is 0 Å². The minimum Gasteiger partial charge on any atom is -0.322 e. The summed E-state index contributed by atoms with van der Waals surface area (Å²) >= 11 is 1.42. The second-order valence-electron chi connectivity index (χ2n) is 5.96. The Bertz CT molecular complexity index is 1140. The molecule has 4 aromatic rings. The number of aromatic nitrogens is 2. The lowest BCUT2D eigenvalue weighted by molar-refractivity contribution is -0.137. The van der Waals surface area contributed by atoms with Crippen LogP contribution >= 0.6 is 11.3 Å². The van der Waals surface area contributed by atoms with Crippen molar-refractivity contribution in [2.75, 3.05) is 5.32 Å². The number of carbonyl (C=O) groups excluding carboxylic acids is 1. The van der Waals surface area contributed by atoms with E-state index in [1.807, 2.05) is 12.1 Å². The standard InChI is InChI=1S/C20H12F3N3OS/c21-20(22,23)14-6-1-4-12(10-14)17(27)25-15-7-2-5-13(11-15)18-26-16-8-3-9-24-19(16)28-18/h1-11H,(H,25,27). The Hall–Kier alpha value is -3.26. The zero-order valence-corrected chi connectivity index (χ0v) is 15.0. The molecule has 0 saturated heterocycles. The lowest BCUT2D eigenvalue weighted by atomic mass is 10.1. The van der Waals surface area contributed by atoms with E-state index in [1.165, 1.54) is 23.5 Å². The lowest BCUT2D eigenvalue weighted by Crippen LogP contribution is -2.13. The lowest BCUT2D eigenvalue weighted by Gasteiger charge is -2.10. The van der Waals surface area contributed by atoms with Crippen LogP contribution in [-0.4, -0.2) is 15.9 Å². The van der Waals surface area contributed by atoms with Crippen LogP contribution in [0.5, 0.6) is 0 Å². The van der Waals surface area contributed by atoms with Crippen LogP contribution in [0.25, 0.3) is 20.9 Å². The quantitative estimate of drug-likeness (QED) is 0.486. The number of benzene rings is 2. The summed E-state index contributed by atoms with van der Waals surface area (Å²) in [6.07, 6.45) is -2.81. The zero-order valence-electron chi connectivity index (χ0n) is 14.2. The SMILES string of the molecule is O=C(Nc1cccc(-c2nc3cccnc3s2)c1)c1cccc(C(F)(F)F)c1. The van der Waals surface area contributed by atoms with E-state index in [2.05, 4.69) is 15.3 Å². The molecular weight excluding hydrogens is 387 g/mol. The normalized spacial score (nSPS) is 11.5. The number of thiazole rings is 1. The fourth-order valence-corrected chi connectivity index (χ4v) is 3.57. The fourth-order valence-electron chi connectivity index (χ4n) is 2.66. The Morgan fingerprint density at radius 3 is 2.61 bits per heavy atom. The van der Waals surface area contributed by atoms with Gasteiger partial charge in [-0.1, -0.05) is 29.5 Å². The maximum atomic E-state index is 12.8. The number of rotatable bonds is 3. The summed E-state index contributed by atoms with van der Waals surface area (Å²) in [5.41, 5.74) is 1.10. The molecule has 2 aromatic carbocycles. The predicted octanol–water partition coefficient (Wildman–Crippen LogP) is 5.63. The van der Waals surface area contributed by atoms with E-state index in [0.717, 1.165) is 33.1 Å². The van der Waals surface area contributed by atoms with Crippen LogP contribution in [0.1, 0.15) is 15.9 Å². The van der Waals surface area contributed by atoms with E-state index in [-0.39, 0.29) is 5.56 Å². The second kappa shape index (κ2) is 7.05. The number of hydrogen-bond donors (Lipinski definition) is 1. The molecule has 2 aromatic heterocycles. The van der Waals surface area contributed by atoms with Crippen molar-refractivity contribution in [1.82, 2.24) is 9.97 Å². The molecule has 1 amide bonds. The van der Waals surface area contributed by atoms with Crippen LogP contribution in [0.3, 0.4) is 0 Å². The molecule has 0 saturated carbocycles. The molecule has 28 heavy (non-hydrogen) atoms. The van der Waals surface area contributed by atoms with Gasteiger partial charge in [-0.2, -0.15) is 13.2 Å². The summed E-state index contributed by atoms with van der Waals surface area (Å²) in [7, 11) is 0. The Kier molecular flexibility index (Phi) is 4.56. The molecule has 0 atom stereocenters. The molecule has 2 heterocycles. The number of hydrogen-bond acceptors (Lipinski definition) is 4. The Labute approximate surface area is 161 Å². The molecule has 0 aliphatic heterocycles. The van der Waals surface area contributed by atoms with Gasteiger partial charge in [0.1, 0.15) is 15.4 Å². The number of nitrogens with one attached hydrogen (secondary N) is 1. The van der Waals surface area contributed by atoms with Gasteiger partial charge in [-0.3, -0.25) is 4.79 Å². The summed E-state index contributed by atoms with van der Waals surface area (Å²) in [5, 5.41) is 3.38. The molecule has 0 bridgehead atoms. The van der Waals surface area contributed by atoms with Gasteiger partial charge in [0, 0.05) is 23.0 Å². The molecule has 4 rings (SSSR count). The number of alkyl halides is 3. The van der Waals surface area contributed by atoms with Gasteiger partial charge < -0.3 is 5.32 Å². The molecule has 0 fully saturated rings. The first-order valence-electron chi connectivity index (χ1n) is 8.21. The minimum atomic E-state index is -4.50. The van der Waals surface area contributed by atoms with Gasteiger partial charge in [-0.25, -0.2) is 9.97 Å². The van der Waals surface area contributed by atoms with Crippen molar-refractivity contribution in [3.8, 4) is 10.6 Å². The summed E-state index contributed by atoms with van der Waals surface area (Å²) in [5.74, 6) is -0.616. The first-order chi connectivity index (χ1) is 13.4. The minimum absolute atomic E-state index is 0.0654. The largest absolute Gasteiger partial charge is 0.416 e. The van der Waals surface area contributed by atoms with Gasteiger partial charge in [0.05, 0.1) is 5.56 Å². The van der Waals surface area contributed by atoms with E-state index in [4.69, 9.17) is 0 Å². The first-order valence-corrected chi connectivity index (χ1v) is 9.02. The number of amides is 1. The van der Waals surface area contributed by atoms with Crippen LogP contribution in [0, 0.1) is 0 Å². The Morgan fingerprint density at radius 2 is 1.82 bits per heavy atom. The molecule has 4 nitrogen and oxygen atoms in total. The molecule has 8 heteroatoms. The topological polar surface area (TPSA) is 54.9 Å². The summed E-state index contributed by atoms with van der Waals surface area (Å²) < 4.78 is 38.5. The Morgan fingerprint density at radius 1 is 1.00 bits per heavy atom. The third kappa shape index (κ3) is 3.72. The highest BCUT2D eigenvalue weighted by Gasteiger charge is 2.30. The van der Waals surface area contributed by atoms with Crippen molar-refractivity contribution < 1.29 is 18.0 Å². The summed E-state index contributed by atoms with van der Waals surface area (Å²) in [6.45, 7) is 0. The maximum absolute atomic E-state index is 12.8. The molecular formula is C20H12F3N3OS. The van der Waals surface area contributed by atoms with Crippen molar-refractivity contribution in [2.24, 2.45) is 0 Å². The third-order valence-corrected chi connectivity index (χ3v) is 5.01. The van der Waals surface area contributed by atoms with E-state index in [0.29, 0.717) is 5.69 Å². The van der Waals surface area contributed by atoms with E-state index in [1.54, 1.807) is 30.5 Å². The van der Waals surface area contributed by atoms with E-state index < -0.39 is 17.6 Å². The third-order valence-electron chi connectivity index (χ3n) is 3.99. The van der Waals surface area contributed by atoms with Crippen molar-refractivity contribution in [3.63, 3.8) is 0 Å². The number of halogens is 3.